The van der Waals surface area contributed by atoms with Gasteiger partial charge in [-0.3, -0.25) is 0 Å². The summed E-state index contributed by atoms with van der Waals surface area (Å²) in [7, 11) is 0. The quantitative estimate of drug-likeness (QED) is 0.592. The van der Waals surface area contributed by atoms with Crippen LogP contribution in [0, 0.1) is 0 Å². The van der Waals surface area contributed by atoms with E-state index >= 15 is 0 Å². The summed E-state index contributed by atoms with van der Waals surface area (Å²) in [5.41, 5.74) is 0. The molecule has 2 heteroatoms. The molecule has 0 bridgehead atoms. The third-order valence-corrected chi connectivity index (χ3v) is 2.76. The number of hydrogen-bond donors (Lipinski definition) is 0. The van der Waals surface area contributed by atoms with Crippen LogP contribution in [-0.4, -0.2) is 28.3 Å². The third kappa shape index (κ3) is 22.4. The van der Waals surface area contributed by atoms with Gasteiger partial charge < -0.3 is 5.32 Å². The van der Waals surface area contributed by atoms with Crippen LogP contribution in [0.15, 0.2) is 0 Å². The van der Waals surface area contributed by atoms with Crippen molar-refractivity contribution in [3.63, 3.8) is 0 Å². The summed E-state index contributed by atoms with van der Waals surface area (Å²) in [5.74, 6) is 0. The van der Waals surface area contributed by atoms with Crippen LogP contribution in [-0.2, 0) is 0 Å². The van der Waals surface area contributed by atoms with E-state index in [1.165, 1.54) is 0 Å². The van der Waals surface area contributed by atoms with Gasteiger partial charge in [0.25, 0.3) is 0 Å². The zero-order valence-electron chi connectivity index (χ0n) is 9.59. The second kappa shape index (κ2) is 11.5. The van der Waals surface area contributed by atoms with E-state index in [0.717, 1.165) is 22.6 Å². The second-order valence-electron chi connectivity index (χ2n) is 3.54. The Bertz CT molecular complexity index is 64.2. The molecule has 0 aromatic rings. The molecule has 0 radical (unpaired) electrons. The van der Waals surface area contributed by atoms with Crippen molar-refractivity contribution < 1.29 is 0 Å². The molecule has 0 fully saturated rings. The van der Waals surface area contributed by atoms with E-state index in [-0.39, 0.29) is 0 Å². The molecule has 0 saturated heterocycles. The molecule has 0 aliphatic carbocycles. The normalized spacial score (nSPS) is 9.33. The van der Waals surface area contributed by atoms with E-state index in [1.54, 1.807) is 0 Å². The first-order valence-electron chi connectivity index (χ1n) is 5.02. The third-order valence-electron chi connectivity index (χ3n) is 1.22. The van der Waals surface area contributed by atoms with E-state index < -0.39 is 0 Å². The fourth-order valence-corrected chi connectivity index (χ4v) is 2.53. The summed E-state index contributed by atoms with van der Waals surface area (Å²) in [4.78, 5) is 0. The van der Waals surface area contributed by atoms with Gasteiger partial charge in [0.1, 0.15) is 0 Å². The van der Waals surface area contributed by atoms with Crippen LogP contribution < -0.4 is 0 Å². The van der Waals surface area contributed by atoms with Crippen LogP contribution in [0.25, 0.3) is 5.32 Å². The molecule has 12 heavy (non-hydrogen) atoms. The Kier molecular flexibility index (Phi) is 14.4. The van der Waals surface area contributed by atoms with Crippen LogP contribution in [0.1, 0.15) is 41.5 Å². The summed E-state index contributed by atoms with van der Waals surface area (Å²) < 4.78 is 1.92. The average molecular weight is 185 g/mol. The topological polar surface area (TPSA) is 14.1 Å². The number of nitrogens with zero attached hydrogens (tertiary/aromatic N) is 1. The van der Waals surface area contributed by atoms with Gasteiger partial charge in [0.15, 0.2) is 0 Å². The van der Waals surface area contributed by atoms with Gasteiger partial charge in [-0.25, -0.2) is 0 Å². The molecule has 0 heterocycles. The fourth-order valence-electron chi connectivity index (χ4n) is 0.993. The maximum absolute atomic E-state index is 3.97. The molecule has 0 aliphatic rings. The molecular weight excluding hydrogens is 161 g/mol. The van der Waals surface area contributed by atoms with Gasteiger partial charge in [0.2, 0.25) is 0 Å². The Balaban J connectivity index is 0. The predicted molar refractivity (Wildman–Crippen MR) is 60.4 cm³/mol. The Hall–Kier alpha value is 0.492. The zero-order chi connectivity index (χ0) is 9.98. The van der Waals surface area contributed by atoms with E-state index in [4.69, 9.17) is 0 Å². The Morgan fingerprint density at radius 2 is 1.25 bits per heavy atom. The first-order valence-corrected chi connectivity index (χ1v) is 6.36. The zero-order valence-corrected chi connectivity index (χ0v) is 10.7. The molecule has 0 saturated carbocycles. The molecule has 0 aliphatic heterocycles. The molecular formula is C10H24AlN. The second-order valence-corrected chi connectivity index (χ2v) is 6.59. The van der Waals surface area contributed by atoms with Crippen molar-refractivity contribution in [1.29, 1.82) is 0 Å². The van der Waals surface area contributed by atoms with Crippen molar-refractivity contribution in [2.45, 2.75) is 51.1 Å². The van der Waals surface area contributed by atoms with Crippen LogP contribution in [0.3, 0.4) is 0 Å². The van der Waals surface area contributed by atoms with Crippen molar-refractivity contribution in [3.05, 3.63) is 5.32 Å². The average Bonchev–Trinajstić information content (AvgIpc) is 1.87. The minimum absolute atomic E-state index is 0.713. The van der Waals surface area contributed by atoms with Crippen LogP contribution in [0.5, 0.6) is 0 Å². The summed E-state index contributed by atoms with van der Waals surface area (Å²) in [5, 5.41) is 3.97. The van der Waals surface area contributed by atoms with Crippen molar-refractivity contribution >= 4 is 15.2 Å². The summed E-state index contributed by atoms with van der Waals surface area (Å²) in [6.07, 6.45) is 0. The van der Waals surface area contributed by atoms with Crippen molar-refractivity contribution in [2.24, 2.45) is 0 Å². The monoisotopic (exact) mass is 185 g/mol. The van der Waals surface area contributed by atoms with Crippen molar-refractivity contribution in [2.75, 3.05) is 13.1 Å². The minimum atomic E-state index is 0.713. The molecule has 72 valence electrons. The van der Waals surface area contributed by atoms with Gasteiger partial charge in [-0.1, -0.05) is 13.8 Å². The SMILES string of the molecule is CC[N-]CC.C[CH](C)[Al+][CH](C)C. The van der Waals surface area contributed by atoms with E-state index in [0.29, 0.717) is 15.2 Å². The molecule has 0 amide bonds. The molecule has 0 aromatic heterocycles. The number of rotatable bonds is 4. The first-order chi connectivity index (χ1) is 5.54. The standard InChI is InChI=1S/C4H10N.2C3H7.Al/c1-3-5-4-2;2*1-3-2;/h3-4H2,1-2H3;2*3H,1-2H3;/q-1;;;+1. The van der Waals surface area contributed by atoms with Gasteiger partial charge in [-0.15, -0.1) is 0 Å². The summed E-state index contributed by atoms with van der Waals surface area (Å²) >= 11 is 0.713. The molecule has 0 aromatic carbocycles. The van der Waals surface area contributed by atoms with Crippen molar-refractivity contribution in [1.82, 2.24) is 0 Å². The summed E-state index contributed by atoms with van der Waals surface area (Å²) in [6, 6.07) is 0. The summed E-state index contributed by atoms with van der Waals surface area (Å²) in [6.45, 7) is 15.2. The molecule has 1 nitrogen and oxygen atoms in total. The van der Waals surface area contributed by atoms with Gasteiger partial charge in [-0.05, 0) is 0 Å². The van der Waals surface area contributed by atoms with Gasteiger partial charge in [0, 0.05) is 0 Å². The van der Waals surface area contributed by atoms with Gasteiger partial charge in [-0.2, -0.15) is 13.1 Å². The number of hydrogen-bond acceptors (Lipinski definition) is 0. The predicted octanol–water partition coefficient (Wildman–Crippen LogP) is 3.75. The van der Waals surface area contributed by atoms with Crippen LogP contribution >= 0.6 is 0 Å². The first kappa shape index (κ1) is 15.0. The Morgan fingerprint density at radius 1 is 0.917 bits per heavy atom. The fraction of sp³-hybridized carbons (Fsp3) is 1.00. The maximum atomic E-state index is 3.97. The van der Waals surface area contributed by atoms with Gasteiger partial charge in [0.05, 0.1) is 0 Å². The molecule has 0 atom stereocenters. The van der Waals surface area contributed by atoms with Crippen LogP contribution in [0.2, 0.25) is 9.56 Å². The van der Waals surface area contributed by atoms with E-state index in [9.17, 15) is 0 Å². The Morgan fingerprint density at radius 3 is 1.25 bits per heavy atom. The van der Waals surface area contributed by atoms with E-state index in [2.05, 4.69) is 33.0 Å². The van der Waals surface area contributed by atoms with Crippen molar-refractivity contribution in [3.8, 4) is 0 Å². The molecule has 0 unspecified atom stereocenters. The van der Waals surface area contributed by atoms with E-state index in [1.807, 2.05) is 13.8 Å². The molecule has 0 spiro atoms. The van der Waals surface area contributed by atoms with Gasteiger partial charge >= 0.3 is 52.5 Å². The molecule has 0 rings (SSSR count). The Labute approximate surface area is 85.0 Å². The van der Waals surface area contributed by atoms with Crippen LogP contribution in [0.4, 0.5) is 0 Å². The molecule has 0 N–H and O–H groups in total.